The predicted molar refractivity (Wildman–Crippen MR) is 202 cm³/mol. The van der Waals surface area contributed by atoms with E-state index in [0.29, 0.717) is 29.5 Å². The van der Waals surface area contributed by atoms with Crippen molar-refractivity contribution in [1.82, 2.24) is 0 Å². The highest BCUT2D eigenvalue weighted by Gasteiger charge is 2.36. The molecule has 0 amide bonds. The Morgan fingerprint density at radius 2 is 0.800 bits per heavy atom. The van der Waals surface area contributed by atoms with Gasteiger partial charge in [-0.1, -0.05) is 54.6 Å². The van der Waals surface area contributed by atoms with Crippen LogP contribution >= 0.6 is 0 Å². The van der Waals surface area contributed by atoms with E-state index in [4.69, 9.17) is 18.9 Å². The van der Waals surface area contributed by atoms with Crippen LogP contribution in [0.4, 0.5) is 35.1 Å². The fourth-order valence-corrected chi connectivity index (χ4v) is 6.06. The Kier molecular flexibility index (Phi) is 11.3. The summed E-state index contributed by atoms with van der Waals surface area (Å²) in [6.45, 7) is 0.632. The van der Waals surface area contributed by atoms with Gasteiger partial charge in [0.2, 0.25) is 23.2 Å². The first-order valence-corrected chi connectivity index (χ1v) is 17.6. The molecule has 7 aromatic rings. The van der Waals surface area contributed by atoms with E-state index in [1.165, 1.54) is 24.3 Å². The second-order valence-electron chi connectivity index (χ2n) is 12.9. The summed E-state index contributed by atoms with van der Waals surface area (Å²) in [7, 11) is 1.59. The van der Waals surface area contributed by atoms with Crippen molar-refractivity contribution in [1.29, 1.82) is 5.26 Å². The first kappa shape index (κ1) is 40.5. The van der Waals surface area contributed by atoms with Crippen LogP contribution in [0.1, 0.15) is 27.0 Å². The topological polar surface area (TPSA) is 77.8 Å². The van der Waals surface area contributed by atoms with Crippen molar-refractivity contribution in [3.05, 3.63) is 184 Å². The number of ketones is 1. The highest BCUT2D eigenvalue weighted by Crippen LogP contribution is 2.38. The van der Waals surface area contributed by atoms with E-state index in [2.05, 4.69) is 6.07 Å². The SMILES string of the molecule is COc1ccc(-c2ccc(Oc3cccc(Oc4ccc(-c5ccc(Oc6c(F)c(F)c(C(=O)c7c(F)c(F)c(C)c(F)c7F)c(F)c6F)cc5)cc4)c3C#N)cc2)cc1. The summed E-state index contributed by atoms with van der Waals surface area (Å²) >= 11 is 0. The summed E-state index contributed by atoms with van der Waals surface area (Å²) in [6.07, 6.45) is 0. The van der Waals surface area contributed by atoms with Gasteiger partial charge in [0.1, 0.15) is 57.3 Å². The number of halogens is 8. The van der Waals surface area contributed by atoms with Crippen molar-refractivity contribution in [3.8, 4) is 68.6 Å². The van der Waals surface area contributed by atoms with Gasteiger partial charge in [0.15, 0.2) is 34.9 Å². The Labute approximate surface area is 336 Å². The number of hydrogen-bond donors (Lipinski definition) is 0. The third-order valence-corrected chi connectivity index (χ3v) is 9.26. The van der Waals surface area contributed by atoms with Gasteiger partial charge in [0.25, 0.3) is 0 Å². The van der Waals surface area contributed by atoms with Crippen LogP contribution in [0.25, 0.3) is 22.3 Å². The summed E-state index contributed by atoms with van der Waals surface area (Å²) in [6, 6.07) is 33.8. The lowest BCUT2D eigenvalue weighted by Gasteiger charge is -2.14. The van der Waals surface area contributed by atoms with Gasteiger partial charge in [0.05, 0.1) is 7.11 Å². The summed E-state index contributed by atoms with van der Waals surface area (Å²) < 4.78 is 139. The minimum atomic E-state index is -2.43. The van der Waals surface area contributed by atoms with E-state index in [1.54, 1.807) is 61.7 Å². The van der Waals surface area contributed by atoms with Gasteiger partial charge in [0, 0.05) is 5.56 Å². The number of carbonyl (C=O) groups is 1. The van der Waals surface area contributed by atoms with E-state index < -0.39 is 74.8 Å². The molecule has 0 atom stereocenters. The fourth-order valence-electron chi connectivity index (χ4n) is 6.06. The van der Waals surface area contributed by atoms with Crippen molar-refractivity contribution >= 4 is 5.78 Å². The zero-order valence-electron chi connectivity index (χ0n) is 31.0. The summed E-state index contributed by atoms with van der Waals surface area (Å²) in [5, 5.41) is 10.0. The predicted octanol–water partition coefficient (Wildman–Crippen LogP) is 12.9. The molecule has 0 saturated heterocycles. The van der Waals surface area contributed by atoms with Gasteiger partial charge in [-0.3, -0.25) is 4.79 Å². The van der Waals surface area contributed by atoms with Crippen molar-refractivity contribution < 1.29 is 58.9 Å². The molecule has 0 aliphatic carbocycles. The smallest absolute Gasteiger partial charge is 0.205 e. The van der Waals surface area contributed by atoms with Crippen LogP contribution in [0, 0.1) is 64.8 Å². The minimum Gasteiger partial charge on any atom is -0.497 e. The first-order chi connectivity index (χ1) is 28.8. The maximum atomic E-state index is 15.0. The van der Waals surface area contributed by atoms with Crippen LogP contribution in [-0.2, 0) is 0 Å². The van der Waals surface area contributed by atoms with E-state index >= 15 is 17.6 Å². The normalized spacial score (nSPS) is 10.9. The third kappa shape index (κ3) is 7.68. The number of ether oxygens (including phenoxy) is 4. The molecular formula is C46H25F8NO5. The Bertz CT molecular complexity index is 2770. The number of nitriles is 1. The number of carbonyl (C=O) groups excluding carboxylic acids is 1. The lowest BCUT2D eigenvalue weighted by Crippen LogP contribution is -2.18. The van der Waals surface area contributed by atoms with E-state index in [-0.39, 0.29) is 22.8 Å². The fraction of sp³-hybridized carbons (Fsp3) is 0.0435. The summed E-state index contributed by atoms with van der Waals surface area (Å²) in [5.74, 6) is -20.4. The summed E-state index contributed by atoms with van der Waals surface area (Å²) in [5.41, 5.74) is -2.17. The van der Waals surface area contributed by atoms with Gasteiger partial charge in [-0.15, -0.1) is 0 Å². The molecule has 7 aromatic carbocycles. The molecule has 0 unspecified atom stereocenters. The number of rotatable bonds is 11. The lowest BCUT2D eigenvalue weighted by molar-refractivity contribution is 0.101. The van der Waals surface area contributed by atoms with Crippen LogP contribution in [-0.4, -0.2) is 12.9 Å². The zero-order valence-corrected chi connectivity index (χ0v) is 31.0. The Hall–Kier alpha value is -7.66. The zero-order chi connectivity index (χ0) is 42.8. The van der Waals surface area contributed by atoms with Crippen LogP contribution in [0.2, 0.25) is 0 Å². The van der Waals surface area contributed by atoms with Crippen molar-refractivity contribution in [2.24, 2.45) is 0 Å². The standard InChI is InChI=1S/C46H25F8NO5/c1-23-37(47)39(49)35(40(50)38(23)48)45(56)36-41(51)43(53)46(44(54)42(36)52)60-31-20-12-27(13-21-31)26-10-18-30(19-11-26)59-34-5-3-4-33(32(34)22-55)58-29-16-8-25(9-17-29)24-6-14-28(57-2)15-7-24/h3-21H,1-2H3. The largest absolute Gasteiger partial charge is 0.497 e. The lowest BCUT2D eigenvalue weighted by atomic mass is 9.98. The number of methoxy groups -OCH3 is 1. The molecule has 6 nitrogen and oxygen atoms in total. The molecule has 7 rings (SSSR count). The second-order valence-corrected chi connectivity index (χ2v) is 12.9. The highest BCUT2D eigenvalue weighted by molar-refractivity contribution is 6.10. The average molecular weight is 824 g/mol. The second kappa shape index (κ2) is 16.7. The molecule has 0 heterocycles. The van der Waals surface area contributed by atoms with Gasteiger partial charge < -0.3 is 18.9 Å². The number of hydrogen-bond acceptors (Lipinski definition) is 6. The molecule has 0 aromatic heterocycles. The molecule has 0 spiro atoms. The number of nitrogens with zero attached hydrogens (tertiary/aromatic N) is 1. The molecule has 60 heavy (non-hydrogen) atoms. The van der Waals surface area contributed by atoms with Gasteiger partial charge in [-0.2, -0.15) is 14.0 Å². The van der Waals surface area contributed by atoms with Gasteiger partial charge in [-0.05, 0) is 89.8 Å². The molecule has 0 N–H and O–H groups in total. The molecular weight excluding hydrogens is 798 g/mol. The Morgan fingerprint density at radius 3 is 1.15 bits per heavy atom. The van der Waals surface area contributed by atoms with E-state index in [0.717, 1.165) is 16.9 Å². The maximum Gasteiger partial charge on any atom is 0.205 e. The van der Waals surface area contributed by atoms with Crippen molar-refractivity contribution in [2.45, 2.75) is 6.92 Å². The van der Waals surface area contributed by atoms with E-state index in [1.807, 2.05) is 36.4 Å². The van der Waals surface area contributed by atoms with Crippen LogP contribution in [0.15, 0.2) is 115 Å². The Balaban J connectivity index is 1.04. The summed E-state index contributed by atoms with van der Waals surface area (Å²) in [4.78, 5) is 12.7. The van der Waals surface area contributed by atoms with Crippen molar-refractivity contribution in [2.75, 3.05) is 7.11 Å². The highest BCUT2D eigenvalue weighted by atomic mass is 19.2. The molecule has 0 aliphatic heterocycles. The Morgan fingerprint density at radius 1 is 0.467 bits per heavy atom. The third-order valence-electron chi connectivity index (χ3n) is 9.26. The molecule has 0 aliphatic rings. The average Bonchev–Trinajstić information content (AvgIpc) is 3.27. The quantitative estimate of drug-likeness (QED) is 0.0734. The molecule has 0 bridgehead atoms. The molecule has 300 valence electrons. The first-order valence-electron chi connectivity index (χ1n) is 17.6. The maximum absolute atomic E-state index is 15.0. The van der Waals surface area contributed by atoms with E-state index in [9.17, 15) is 27.6 Å². The van der Waals surface area contributed by atoms with Crippen LogP contribution in [0.3, 0.4) is 0 Å². The molecule has 14 heteroatoms. The van der Waals surface area contributed by atoms with Gasteiger partial charge >= 0.3 is 0 Å². The van der Waals surface area contributed by atoms with Gasteiger partial charge in [-0.25, -0.2) is 26.3 Å². The monoisotopic (exact) mass is 823 g/mol. The van der Waals surface area contributed by atoms with Crippen molar-refractivity contribution in [3.63, 3.8) is 0 Å². The van der Waals surface area contributed by atoms with Crippen LogP contribution < -0.4 is 18.9 Å². The minimum absolute atomic E-state index is 0.144. The number of benzene rings is 7. The van der Waals surface area contributed by atoms with Crippen LogP contribution in [0.5, 0.6) is 40.2 Å². The molecule has 0 fully saturated rings. The molecule has 0 saturated carbocycles. The molecule has 0 radical (unpaired) electrons.